The Hall–Kier alpha value is -1.04. The Labute approximate surface area is 101 Å². The third-order valence-corrected chi connectivity index (χ3v) is 2.71. The molecule has 0 atom stereocenters. The Kier molecular flexibility index (Phi) is 5.92. The van der Waals surface area contributed by atoms with Crippen molar-refractivity contribution in [1.29, 1.82) is 0 Å². The lowest BCUT2D eigenvalue weighted by Gasteiger charge is -2.24. The van der Waals surface area contributed by atoms with E-state index in [4.69, 9.17) is 12.2 Å². The summed E-state index contributed by atoms with van der Waals surface area (Å²) in [5.41, 5.74) is 4.97. The van der Waals surface area contributed by atoms with Crippen molar-refractivity contribution in [2.45, 2.75) is 45.1 Å². The van der Waals surface area contributed by atoms with Gasteiger partial charge < -0.3 is 10.1 Å². The largest absolute Gasteiger partial charge is 0.449 e. The first-order chi connectivity index (χ1) is 7.72. The Bertz CT molecular complexity index is 242. The number of carbonyl (C=O) groups excluding carboxylic acids is 1. The van der Waals surface area contributed by atoms with Crippen LogP contribution in [0.5, 0.6) is 0 Å². The van der Waals surface area contributed by atoms with E-state index < -0.39 is 6.09 Å². The number of rotatable bonds is 2. The molecule has 0 aromatic heterocycles. The fourth-order valence-electron chi connectivity index (χ4n) is 1.74. The molecular formula is C10H19N3O2S. The lowest BCUT2D eigenvalue weighted by atomic mass is 9.96. The van der Waals surface area contributed by atoms with Crippen molar-refractivity contribution in [2.75, 3.05) is 6.61 Å². The maximum Gasteiger partial charge on any atom is 0.425 e. The minimum Gasteiger partial charge on any atom is -0.449 e. The maximum absolute atomic E-state index is 11.0. The van der Waals surface area contributed by atoms with E-state index in [1.165, 1.54) is 19.3 Å². The molecule has 1 fully saturated rings. The summed E-state index contributed by atoms with van der Waals surface area (Å²) in [7, 11) is 0. The van der Waals surface area contributed by atoms with E-state index in [9.17, 15) is 4.79 Å². The average Bonchev–Trinajstić information content (AvgIpc) is 2.28. The standard InChI is InChI=1S/C10H19N3O2S/c1-2-15-10(14)13-12-9(16)11-8-6-4-3-5-7-8/h8H,2-7H2,1H3,(H,13,14)(H2,11,12,16). The van der Waals surface area contributed by atoms with Crippen molar-refractivity contribution < 1.29 is 9.53 Å². The molecule has 1 saturated carbocycles. The number of carbonyl (C=O) groups is 1. The van der Waals surface area contributed by atoms with E-state index in [0.29, 0.717) is 17.8 Å². The summed E-state index contributed by atoms with van der Waals surface area (Å²) in [4.78, 5) is 11.0. The van der Waals surface area contributed by atoms with E-state index in [1.54, 1.807) is 6.92 Å². The first kappa shape index (κ1) is 13.0. The highest BCUT2D eigenvalue weighted by molar-refractivity contribution is 7.80. The fraction of sp³-hybridized carbons (Fsp3) is 0.800. The van der Waals surface area contributed by atoms with E-state index in [0.717, 1.165) is 12.8 Å². The van der Waals surface area contributed by atoms with Gasteiger partial charge in [-0.05, 0) is 32.0 Å². The van der Waals surface area contributed by atoms with Crippen molar-refractivity contribution in [2.24, 2.45) is 0 Å². The number of hydrogen-bond donors (Lipinski definition) is 3. The van der Waals surface area contributed by atoms with Crippen molar-refractivity contribution in [1.82, 2.24) is 16.2 Å². The monoisotopic (exact) mass is 245 g/mol. The number of hydrogen-bond acceptors (Lipinski definition) is 3. The Morgan fingerprint density at radius 2 is 2.00 bits per heavy atom. The number of ether oxygens (including phenoxy) is 1. The van der Waals surface area contributed by atoms with Gasteiger partial charge in [-0.2, -0.15) is 0 Å². The van der Waals surface area contributed by atoms with E-state index in [2.05, 4.69) is 20.9 Å². The van der Waals surface area contributed by atoms with E-state index >= 15 is 0 Å². The first-order valence-corrected chi connectivity index (χ1v) is 6.12. The minimum atomic E-state index is -0.518. The lowest BCUT2D eigenvalue weighted by molar-refractivity contribution is 0.150. The highest BCUT2D eigenvalue weighted by Gasteiger charge is 2.13. The molecule has 0 saturated heterocycles. The quantitative estimate of drug-likeness (QED) is 0.507. The molecule has 0 aromatic rings. The Morgan fingerprint density at radius 3 is 2.62 bits per heavy atom. The predicted molar refractivity (Wildman–Crippen MR) is 65.9 cm³/mol. The van der Waals surface area contributed by atoms with Gasteiger partial charge in [-0.3, -0.25) is 5.43 Å². The molecule has 0 radical (unpaired) electrons. The van der Waals surface area contributed by atoms with Gasteiger partial charge in [-0.25, -0.2) is 10.2 Å². The molecular weight excluding hydrogens is 226 g/mol. The predicted octanol–water partition coefficient (Wildman–Crippen LogP) is 1.44. The molecule has 6 heteroatoms. The second kappa shape index (κ2) is 7.27. The molecule has 16 heavy (non-hydrogen) atoms. The SMILES string of the molecule is CCOC(=O)NNC(=S)NC1CCCCC1. The van der Waals surface area contributed by atoms with Gasteiger partial charge in [0, 0.05) is 6.04 Å². The van der Waals surface area contributed by atoms with E-state index in [-0.39, 0.29) is 0 Å². The van der Waals surface area contributed by atoms with Gasteiger partial charge in [-0.15, -0.1) is 0 Å². The molecule has 1 aliphatic carbocycles. The zero-order chi connectivity index (χ0) is 11.8. The van der Waals surface area contributed by atoms with Crippen LogP contribution in [-0.2, 0) is 4.74 Å². The summed E-state index contributed by atoms with van der Waals surface area (Å²) in [6, 6.07) is 0.428. The van der Waals surface area contributed by atoms with Crippen LogP contribution < -0.4 is 16.2 Å². The van der Waals surface area contributed by atoms with Crippen LogP contribution in [0.1, 0.15) is 39.0 Å². The second-order valence-electron chi connectivity index (χ2n) is 3.78. The van der Waals surface area contributed by atoms with Gasteiger partial charge in [0.2, 0.25) is 0 Å². The molecule has 0 spiro atoms. The molecule has 1 amide bonds. The molecule has 92 valence electrons. The topological polar surface area (TPSA) is 62.4 Å². The number of thiocarbonyl (C=S) groups is 1. The highest BCUT2D eigenvalue weighted by atomic mass is 32.1. The van der Waals surface area contributed by atoms with E-state index in [1.807, 2.05) is 0 Å². The summed E-state index contributed by atoms with van der Waals surface area (Å²) in [5, 5.41) is 3.61. The van der Waals surface area contributed by atoms with Gasteiger partial charge in [0.05, 0.1) is 6.61 Å². The summed E-state index contributed by atoms with van der Waals surface area (Å²) in [6.45, 7) is 2.09. The molecule has 1 aliphatic rings. The lowest BCUT2D eigenvalue weighted by Crippen LogP contribution is -2.50. The van der Waals surface area contributed by atoms with Crippen molar-refractivity contribution >= 4 is 23.4 Å². The maximum atomic E-state index is 11.0. The van der Waals surface area contributed by atoms with Crippen molar-refractivity contribution in [3.8, 4) is 0 Å². The third-order valence-electron chi connectivity index (χ3n) is 2.49. The first-order valence-electron chi connectivity index (χ1n) is 5.71. The normalized spacial score (nSPS) is 16.3. The van der Waals surface area contributed by atoms with Crippen LogP contribution in [0.25, 0.3) is 0 Å². The smallest absolute Gasteiger partial charge is 0.425 e. The Balaban J connectivity index is 2.12. The number of amides is 1. The molecule has 3 N–H and O–H groups in total. The van der Waals surface area contributed by atoms with Crippen LogP contribution in [0.4, 0.5) is 4.79 Å². The summed E-state index contributed by atoms with van der Waals surface area (Å²) < 4.78 is 4.68. The summed E-state index contributed by atoms with van der Waals surface area (Å²) in [5.74, 6) is 0. The average molecular weight is 245 g/mol. The number of hydrazine groups is 1. The van der Waals surface area contributed by atoms with Crippen LogP contribution in [0.3, 0.4) is 0 Å². The van der Waals surface area contributed by atoms with Crippen LogP contribution >= 0.6 is 12.2 Å². The molecule has 0 aliphatic heterocycles. The van der Waals surface area contributed by atoms with Gasteiger partial charge in [0.15, 0.2) is 5.11 Å². The van der Waals surface area contributed by atoms with Gasteiger partial charge in [0.25, 0.3) is 0 Å². The van der Waals surface area contributed by atoms with Gasteiger partial charge >= 0.3 is 6.09 Å². The van der Waals surface area contributed by atoms with Gasteiger partial charge in [0.1, 0.15) is 0 Å². The zero-order valence-electron chi connectivity index (χ0n) is 9.54. The van der Waals surface area contributed by atoms with Gasteiger partial charge in [-0.1, -0.05) is 19.3 Å². The molecule has 1 rings (SSSR count). The van der Waals surface area contributed by atoms with Crippen LogP contribution in [0, 0.1) is 0 Å². The number of nitrogens with one attached hydrogen (secondary N) is 3. The summed E-state index contributed by atoms with van der Waals surface area (Å²) >= 11 is 5.04. The molecule has 0 unspecified atom stereocenters. The van der Waals surface area contributed by atoms with Crippen molar-refractivity contribution in [3.05, 3.63) is 0 Å². The Morgan fingerprint density at radius 1 is 1.31 bits per heavy atom. The third kappa shape index (κ3) is 5.16. The fourth-order valence-corrected chi connectivity index (χ4v) is 1.96. The zero-order valence-corrected chi connectivity index (χ0v) is 10.4. The molecule has 0 bridgehead atoms. The van der Waals surface area contributed by atoms with Crippen LogP contribution in [0.15, 0.2) is 0 Å². The molecule has 5 nitrogen and oxygen atoms in total. The van der Waals surface area contributed by atoms with Crippen LogP contribution in [0.2, 0.25) is 0 Å². The second-order valence-corrected chi connectivity index (χ2v) is 4.19. The summed E-state index contributed by atoms with van der Waals surface area (Å²) in [6.07, 6.45) is 5.55. The van der Waals surface area contributed by atoms with Crippen molar-refractivity contribution in [3.63, 3.8) is 0 Å². The highest BCUT2D eigenvalue weighted by Crippen LogP contribution is 2.16. The molecule has 0 aromatic carbocycles. The minimum absolute atomic E-state index is 0.344. The van der Waals surface area contributed by atoms with Crippen LogP contribution in [-0.4, -0.2) is 23.9 Å². The molecule has 0 heterocycles.